The molecule has 1 atom stereocenters. The van der Waals surface area contributed by atoms with E-state index in [9.17, 15) is 9.59 Å². The van der Waals surface area contributed by atoms with Crippen molar-refractivity contribution < 1.29 is 14.3 Å². The molecule has 24 heavy (non-hydrogen) atoms. The van der Waals surface area contributed by atoms with Crippen LogP contribution in [0.2, 0.25) is 5.02 Å². The highest BCUT2D eigenvalue weighted by atomic mass is 35.5. The van der Waals surface area contributed by atoms with E-state index in [0.717, 1.165) is 5.56 Å². The summed E-state index contributed by atoms with van der Waals surface area (Å²) < 4.78 is 5.75. The molecule has 0 aliphatic carbocycles. The van der Waals surface area contributed by atoms with E-state index in [0.29, 0.717) is 22.9 Å². The zero-order chi connectivity index (χ0) is 17.7. The second-order valence-corrected chi connectivity index (χ2v) is 5.73. The van der Waals surface area contributed by atoms with Crippen LogP contribution in [-0.4, -0.2) is 17.9 Å². The first-order chi connectivity index (χ1) is 11.4. The van der Waals surface area contributed by atoms with Crippen LogP contribution in [0, 0.1) is 6.92 Å². The fraction of sp³-hybridized carbons (Fsp3) is 0.222. The number of benzene rings is 2. The Balaban J connectivity index is 2.14. The number of anilines is 1. The number of aryl methyl sites for hydroxylation is 1. The molecule has 2 rings (SSSR count). The van der Waals surface area contributed by atoms with Gasteiger partial charge in [-0.25, -0.2) is 0 Å². The second-order valence-electron chi connectivity index (χ2n) is 5.32. The standard InChI is InChI=1S/C18H19ClN2O3/c1-3-16(24-12-8-9-14(19)11(2)10-12)18(23)21-15-7-5-4-6-13(15)17(20)22/h4-10,16H,3H2,1-2H3,(H2,20,22)(H,21,23). The van der Waals surface area contributed by atoms with E-state index in [4.69, 9.17) is 22.1 Å². The lowest BCUT2D eigenvalue weighted by atomic mass is 10.1. The fourth-order valence-electron chi connectivity index (χ4n) is 2.20. The van der Waals surface area contributed by atoms with Crippen LogP contribution in [0.15, 0.2) is 42.5 Å². The number of nitrogens with two attached hydrogens (primary N) is 1. The molecule has 5 nitrogen and oxygen atoms in total. The Kier molecular flexibility index (Phi) is 5.82. The Morgan fingerprint density at radius 3 is 2.58 bits per heavy atom. The van der Waals surface area contributed by atoms with Crippen molar-refractivity contribution in [3.8, 4) is 5.75 Å². The van der Waals surface area contributed by atoms with Gasteiger partial charge in [-0.1, -0.05) is 30.7 Å². The van der Waals surface area contributed by atoms with E-state index in [1.54, 1.807) is 42.5 Å². The number of halogens is 1. The Morgan fingerprint density at radius 2 is 1.96 bits per heavy atom. The molecule has 0 spiro atoms. The van der Waals surface area contributed by atoms with Gasteiger partial charge in [-0.15, -0.1) is 0 Å². The largest absolute Gasteiger partial charge is 0.481 e. The molecule has 1 unspecified atom stereocenters. The maximum Gasteiger partial charge on any atom is 0.265 e. The molecular weight excluding hydrogens is 328 g/mol. The molecule has 0 radical (unpaired) electrons. The molecular formula is C18H19ClN2O3. The topological polar surface area (TPSA) is 81.4 Å². The maximum absolute atomic E-state index is 12.5. The molecule has 126 valence electrons. The minimum absolute atomic E-state index is 0.253. The van der Waals surface area contributed by atoms with Crippen LogP contribution in [0.4, 0.5) is 5.69 Å². The number of ether oxygens (including phenoxy) is 1. The molecule has 2 aromatic rings. The van der Waals surface area contributed by atoms with Crippen LogP contribution in [-0.2, 0) is 4.79 Å². The second kappa shape index (κ2) is 7.84. The van der Waals surface area contributed by atoms with Gasteiger partial charge in [0, 0.05) is 5.02 Å². The number of hydrogen-bond acceptors (Lipinski definition) is 3. The van der Waals surface area contributed by atoms with E-state index >= 15 is 0 Å². The lowest BCUT2D eigenvalue weighted by molar-refractivity contribution is -0.122. The van der Waals surface area contributed by atoms with Gasteiger partial charge in [0.05, 0.1) is 11.3 Å². The third-order valence-electron chi connectivity index (χ3n) is 3.52. The zero-order valence-electron chi connectivity index (χ0n) is 13.5. The van der Waals surface area contributed by atoms with Crippen LogP contribution in [0.3, 0.4) is 0 Å². The summed E-state index contributed by atoms with van der Waals surface area (Å²) in [6.07, 6.45) is -0.238. The lowest BCUT2D eigenvalue weighted by Gasteiger charge is -2.18. The molecule has 0 saturated heterocycles. The van der Waals surface area contributed by atoms with Crippen molar-refractivity contribution in [2.45, 2.75) is 26.4 Å². The normalized spacial score (nSPS) is 11.6. The number of hydrogen-bond donors (Lipinski definition) is 2. The number of carbonyl (C=O) groups excluding carboxylic acids is 2. The molecule has 0 heterocycles. The van der Waals surface area contributed by atoms with E-state index in [-0.39, 0.29) is 11.5 Å². The summed E-state index contributed by atoms with van der Waals surface area (Å²) in [4.78, 5) is 23.9. The number of carbonyl (C=O) groups is 2. The van der Waals surface area contributed by atoms with Crippen molar-refractivity contribution in [2.24, 2.45) is 5.73 Å². The average molecular weight is 347 g/mol. The Hall–Kier alpha value is -2.53. The number of amides is 2. The van der Waals surface area contributed by atoms with E-state index in [2.05, 4.69) is 5.32 Å². The smallest absolute Gasteiger partial charge is 0.265 e. The highest BCUT2D eigenvalue weighted by Gasteiger charge is 2.20. The van der Waals surface area contributed by atoms with Gasteiger partial charge in [0.25, 0.3) is 11.8 Å². The van der Waals surface area contributed by atoms with Gasteiger partial charge in [0.1, 0.15) is 5.75 Å². The molecule has 6 heteroatoms. The summed E-state index contributed by atoms with van der Waals surface area (Å²) in [6, 6.07) is 11.8. The van der Waals surface area contributed by atoms with Crippen LogP contribution < -0.4 is 15.8 Å². The zero-order valence-corrected chi connectivity index (χ0v) is 14.3. The van der Waals surface area contributed by atoms with Crippen molar-refractivity contribution >= 4 is 29.1 Å². The van der Waals surface area contributed by atoms with Crippen molar-refractivity contribution in [3.63, 3.8) is 0 Å². The molecule has 2 amide bonds. The predicted molar refractivity (Wildman–Crippen MR) is 94.5 cm³/mol. The van der Waals surface area contributed by atoms with Gasteiger partial charge in [0.2, 0.25) is 0 Å². The monoisotopic (exact) mass is 346 g/mol. The summed E-state index contributed by atoms with van der Waals surface area (Å²) in [5.74, 6) is -0.394. The third-order valence-corrected chi connectivity index (χ3v) is 3.95. The molecule has 2 aromatic carbocycles. The van der Waals surface area contributed by atoms with Gasteiger partial charge >= 0.3 is 0 Å². The first-order valence-corrected chi connectivity index (χ1v) is 7.92. The number of para-hydroxylation sites is 1. The molecule has 0 aliphatic rings. The summed E-state index contributed by atoms with van der Waals surface area (Å²) >= 11 is 5.99. The number of nitrogens with one attached hydrogen (secondary N) is 1. The van der Waals surface area contributed by atoms with Gasteiger partial charge < -0.3 is 15.8 Å². The van der Waals surface area contributed by atoms with Crippen molar-refractivity contribution in [3.05, 3.63) is 58.6 Å². The molecule has 0 aliphatic heterocycles. The van der Waals surface area contributed by atoms with Crippen LogP contribution in [0.25, 0.3) is 0 Å². The summed E-state index contributed by atoms with van der Waals surface area (Å²) in [5, 5.41) is 3.33. The van der Waals surface area contributed by atoms with Gasteiger partial charge in [-0.2, -0.15) is 0 Å². The molecule has 0 fully saturated rings. The molecule has 0 bridgehead atoms. The predicted octanol–water partition coefficient (Wildman–Crippen LogP) is 3.54. The Bertz CT molecular complexity index is 762. The molecule has 0 saturated carbocycles. The van der Waals surface area contributed by atoms with Gasteiger partial charge in [-0.3, -0.25) is 9.59 Å². The number of rotatable bonds is 6. The number of primary amides is 1. The summed E-state index contributed by atoms with van der Waals surface area (Å²) in [6.45, 7) is 3.70. The summed E-state index contributed by atoms with van der Waals surface area (Å²) in [5.41, 5.74) is 6.80. The fourth-order valence-corrected chi connectivity index (χ4v) is 2.31. The highest BCUT2D eigenvalue weighted by Crippen LogP contribution is 2.23. The lowest BCUT2D eigenvalue weighted by Crippen LogP contribution is -2.33. The minimum Gasteiger partial charge on any atom is -0.481 e. The van der Waals surface area contributed by atoms with Crippen LogP contribution in [0.5, 0.6) is 5.75 Å². The van der Waals surface area contributed by atoms with E-state index < -0.39 is 12.0 Å². The van der Waals surface area contributed by atoms with E-state index in [1.165, 1.54) is 0 Å². The van der Waals surface area contributed by atoms with E-state index in [1.807, 2.05) is 13.8 Å². The Morgan fingerprint density at radius 1 is 1.25 bits per heavy atom. The summed E-state index contributed by atoms with van der Waals surface area (Å²) in [7, 11) is 0. The third kappa shape index (κ3) is 4.26. The maximum atomic E-state index is 12.5. The van der Waals surface area contributed by atoms with Crippen LogP contribution >= 0.6 is 11.6 Å². The van der Waals surface area contributed by atoms with Crippen molar-refractivity contribution in [2.75, 3.05) is 5.32 Å². The van der Waals surface area contributed by atoms with Gasteiger partial charge in [-0.05, 0) is 49.2 Å². The minimum atomic E-state index is -0.702. The SMILES string of the molecule is CCC(Oc1ccc(Cl)c(C)c1)C(=O)Nc1ccccc1C(N)=O. The Labute approximate surface area is 145 Å². The highest BCUT2D eigenvalue weighted by molar-refractivity contribution is 6.31. The average Bonchev–Trinajstić information content (AvgIpc) is 2.56. The first-order valence-electron chi connectivity index (χ1n) is 7.55. The van der Waals surface area contributed by atoms with Crippen molar-refractivity contribution in [1.29, 1.82) is 0 Å². The van der Waals surface area contributed by atoms with Crippen LogP contribution in [0.1, 0.15) is 29.3 Å². The van der Waals surface area contributed by atoms with Crippen molar-refractivity contribution in [1.82, 2.24) is 0 Å². The molecule has 0 aromatic heterocycles. The quantitative estimate of drug-likeness (QED) is 0.839. The molecule has 3 N–H and O–H groups in total. The first kappa shape index (κ1) is 17.8. The van der Waals surface area contributed by atoms with Gasteiger partial charge in [0.15, 0.2) is 6.10 Å².